The second-order valence-electron chi connectivity index (χ2n) is 7.52. The minimum absolute atomic E-state index is 0.201. The molecule has 1 aliphatic rings. The Kier molecular flexibility index (Phi) is 5.67. The van der Waals surface area contributed by atoms with Crippen molar-refractivity contribution in [1.82, 2.24) is 20.3 Å². The molecule has 1 fully saturated rings. The van der Waals surface area contributed by atoms with Crippen LogP contribution in [0.15, 0.2) is 42.5 Å². The molecular weight excluding hydrogens is 366 g/mol. The number of pyridine rings is 1. The predicted octanol–water partition coefficient (Wildman–Crippen LogP) is 2.98. The molecule has 0 atom stereocenters. The van der Waals surface area contributed by atoms with Crippen LogP contribution in [0.2, 0.25) is 0 Å². The number of aliphatic hydroxyl groups is 1. The third kappa shape index (κ3) is 4.68. The molecule has 7 heteroatoms. The molecule has 0 bridgehead atoms. The Labute approximate surface area is 169 Å². The van der Waals surface area contributed by atoms with Crippen molar-refractivity contribution in [1.29, 1.82) is 0 Å². The monoisotopic (exact) mass is 391 g/mol. The number of aromatic nitrogens is 3. The van der Waals surface area contributed by atoms with Gasteiger partial charge in [0.25, 0.3) is 5.91 Å². The predicted molar refractivity (Wildman–Crippen MR) is 112 cm³/mol. The molecule has 3 aromatic rings. The zero-order valence-corrected chi connectivity index (χ0v) is 16.4. The summed E-state index contributed by atoms with van der Waals surface area (Å²) in [5, 5.41) is 16.7. The van der Waals surface area contributed by atoms with E-state index in [9.17, 15) is 9.90 Å². The number of hydrogen-bond acceptors (Lipinski definition) is 6. The van der Waals surface area contributed by atoms with Crippen molar-refractivity contribution in [2.24, 2.45) is 0 Å². The maximum absolute atomic E-state index is 12.9. The molecule has 150 valence electrons. The summed E-state index contributed by atoms with van der Waals surface area (Å²) in [4.78, 5) is 26.4. The molecule has 0 radical (unpaired) electrons. The average molecular weight is 391 g/mol. The van der Waals surface area contributed by atoms with Crippen molar-refractivity contribution < 1.29 is 9.90 Å². The van der Waals surface area contributed by atoms with Crippen LogP contribution >= 0.6 is 0 Å². The third-order valence-corrected chi connectivity index (χ3v) is 5.22. The number of nitrogens with zero attached hydrogens (tertiary/aromatic N) is 3. The molecular formula is C22H25N5O2. The second kappa shape index (κ2) is 8.53. The van der Waals surface area contributed by atoms with Gasteiger partial charge in [0.05, 0.1) is 23.9 Å². The Bertz CT molecular complexity index is 1020. The van der Waals surface area contributed by atoms with Crippen molar-refractivity contribution in [3.05, 3.63) is 59.5 Å². The van der Waals surface area contributed by atoms with Gasteiger partial charge in [0, 0.05) is 17.1 Å². The molecule has 2 heterocycles. The summed E-state index contributed by atoms with van der Waals surface area (Å²) >= 11 is 0. The Balaban J connectivity index is 1.56. The average Bonchev–Trinajstić information content (AvgIpc) is 2.73. The number of benzene rings is 1. The molecule has 7 nitrogen and oxygen atoms in total. The van der Waals surface area contributed by atoms with Gasteiger partial charge in [-0.1, -0.05) is 24.3 Å². The van der Waals surface area contributed by atoms with E-state index in [-0.39, 0.29) is 18.1 Å². The Hall–Kier alpha value is -3.06. The highest BCUT2D eigenvalue weighted by Crippen LogP contribution is 2.23. The summed E-state index contributed by atoms with van der Waals surface area (Å²) in [6.45, 7) is 2.26. The summed E-state index contributed by atoms with van der Waals surface area (Å²) in [5.41, 5.74) is 2.78. The van der Waals surface area contributed by atoms with Crippen molar-refractivity contribution in [2.75, 3.05) is 5.32 Å². The van der Waals surface area contributed by atoms with Crippen molar-refractivity contribution in [3.8, 4) is 0 Å². The summed E-state index contributed by atoms with van der Waals surface area (Å²) in [6, 6.07) is 13.4. The molecule has 1 saturated carbocycles. The topological polar surface area (TPSA) is 100 Å². The highest BCUT2D eigenvalue weighted by Gasteiger charge is 2.21. The molecule has 4 rings (SSSR count). The summed E-state index contributed by atoms with van der Waals surface area (Å²) in [6.07, 6.45) is 3.03. The number of anilines is 1. The zero-order valence-electron chi connectivity index (χ0n) is 16.4. The standard InChI is InChI=1S/C22H25N5O2/c1-14-5-4-6-16(24-14)13-23-21(29)20-18-7-2-3-8-19(18)26-22(27-20)25-15-9-11-17(28)12-10-15/h2-8,15,17,28H,9-13H2,1H3,(H,23,29)(H,25,26,27)/t15-,17-. The van der Waals surface area contributed by atoms with E-state index in [0.717, 1.165) is 42.6 Å². The Morgan fingerprint density at radius 3 is 2.62 bits per heavy atom. The van der Waals surface area contributed by atoms with E-state index in [2.05, 4.69) is 25.6 Å². The molecule has 0 spiro atoms. The maximum atomic E-state index is 12.9. The van der Waals surface area contributed by atoms with Crippen LogP contribution in [0.25, 0.3) is 10.9 Å². The Morgan fingerprint density at radius 2 is 1.83 bits per heavy atom. The lowest BCUT2D eigenvalue weighted by Crippen LogP contribution is -2.30. The molecule has 0 unspecified atom stereocenters. The van der Waals surface area contributed by atoms with Gasteiger partial charge in [0.15, 0.2) is 0 Å². The number of carbonyl (C=O) groups is 1. The zero-order chi connectivity index (χ0) is 20.2. The molecule has 0 aliphatic heterocycles. The largest absolute Gasteiger partial charge is 0.393 e. The fourth-order valence-electron chi connectivity index (χ4n) is 3.67. The van der Waals surface area contributed by atoms with Gasteiger partial charge in [0.2, 0.25) is 5.95 Å². The number of aliphatic hydroxyl groups excluding tert-OH is 1. The van der Waals surface area contributed by atoms with Gasteiger partial charge in [-0.15, -0.1) is 0 Å². The normalized spacial score (nSPS) is 19.1. The van der Waals surface area contributed by atoms with Crippen LogP contribution in [0.3, 0.4) is 0 Å². The minimum Gasteiger partial charge on any atom is -0.393 e. The minimum atomic E-state index is -0.256. The SMILES string of the molecule is Cc1cccc(CNC(=O)c2nc(N[C@H]3CC[C@H](O)CC3)nc3ccccc23)n1. The van der Waals surface area contributed by atoms with Crippen molar-refractivity contribution in [2.45, 2.75) is 51.3 Å². The van der Waals surface area contributed by atoms with Gasteiger partial charge in [-0.05, 0) is 50.8 Å². The smallest absolute Gasteiger partial charge is 0.271 e. The summed E-state index contributed by atoms with van der Waals surface area (Å²) < 4.78 is 0. The van der Waals surface area contributed by atoms with Gasteiger partial charge in [-0.3, -0.25) is 9.78 Å². The molecule has 0 saturated heterocycles. The number of nitrogens with one attached hydrogen (secondary N) is 2. The van der Waals surface area contributed by atoms with E-state index < -0.39 is 0 Å². The van der Waals surface area contributed by atoms with E-state index in [4.69, 9.17) is 0 Å². The number of aryl methyl sites for hydroxylation is 1. The van der Waals surface area contributed by atoms with E-state index in [1.54, 1.807) is 0 Å². The van der Waals surface area contributed by atoms with Crippen LogP contribution < -0.4 is 10.6 Å². The van der Waals surface area contributed by atoms with Crippen molar-refractivity contribution in [3.63, 3.8) is 0 Å². The molecule has 1 aromatic carbocycles. The first-order valence-corrected chi connectivity index (χ1v) is 10.0. The molecule has 1 aliphatic carbocycles. The highest BCUT2D eigenvalue weighted by molar-refractivity contribution is 6.04. The third-order valence-electron chi connectivity index (χ3n) is 5.22. The van der Waals surface area contributed by atoms with Crippen molar-refractivity contribution >= 4 is 22.8 Å². The molecule has 1 amide bonds. The fourth-order valence-corrected chi connectivity index (χ4v) is 3.67. The van der Waals surface area contributed by atoms with Crippen LogP contribution in [0.4, 0.5) is 5.95 Å². The van der Waals surface area contributed by atoms with E-state index in [1.807, 2.05) is 49.4 Å². The molecule has 3 N–H and O–H groups in total. The maximum Gasteiger partial charge on any atom is 0.271 e. The van der Waals surface area contributed by atoms with Crippen LogP contribution in [0, 0.1) is 6.92 Å². The van der Waals surface area contributed by atoms with E-state index in [1.165, 1.54) is 0 Å². The fraction of sp³-hybridized carbons (Fsp3) is 0.364. The van der Waals surface area contributed by atoms with Gasteiger partial charge >= 0.3 is 0 Å². The highest BCUT2D eigenvalue weighted by atomic mass is 16.3. The number of rotatable bonds is 5. The lowest BCUT2D eigenvalue weighted by Gasteiger charge is -2.26. The molecule has 29 heavy (non-hydrogen) atoms. The second-order valence-corrected chi connectivity index (χ2v) is 7.52. The number of hydrogen-bond donors (Lipinski definition) is 3. The summed E-state index contributed by atoms with van der Waals surface area (Å²) in [7, 11) is 0. The van der Waals surface area contributed by atoms with Gasteiger partial charge < -0.3 is 15.7 Å². The van der Waals surface area contributed by atoms with Crippen LogP contribution in [-0.4, -0.2) is 38.1 Å². The molecule has 2 aromatic heterocycles. The number of para-hydroxylation sites is 1. The summed E-state index contributed by atoms with van der Waals surface area (Å²) in [5.74, 6) is 0.193. The first-order chi connectivity index (χ1) is 14.1. The number of amides is 1. The Morgan fingerprint density at radius 1 is 1.03 bits per heavy atom. The van der Waals surface area contributed by atoms with Crippen LogP contribution in [0.1, 0.15) is 47.6 Å². The number of fused-ring (bicyclic) bond motifs is 1. The van der Waals surface area contributed by atoms with Gasteiger partial charge in [-0.2, -0.15) is 0 Å². The first kappa shape index (κ1) is 19.3. The lowest BCUT2D eigenvalue weighted by atomic mass is 9.93. The quantitative estimate of drug-likeness (QED) is 0.618. The van der Waals surface area contributed by atoms with Gasteiger partial charge in [-0.25, -0.2) is 9.97 Å². The van der Waals surface area contributed by atoms with E-state index in [0.29, 0.717) is 23.6 Å². The van der Waals surface area contributed by atoms with Crippen LogP contribution in [-0.2, 0) is 6.54 Å². The van der Waals surface area contributed by atoms with Crippen LogP contribution in [0.5, 0.6) is 0 Å². The lowest BCUT2D eigenvalue weighted by molar-refractivity contribution is 0.0947. The number of carbonyl (C=O) groups excluding carboxylic acids is 1. The van der Waals surface area contributed by atoms with E-state index >= 15 is 0 Å². The first-order valence-electron chi connectivity index (χ1n) is 10.0. The van der Waals surface area contributed by atoms with Gasteiger partial charge in [0.1, 0.15) is 5.69 Å².